The van der Waals surface area contributed by atoms with Gasteiger partial charge in [-0.25, -0.2) is 5.43 Å². The zero-order valence-electron chi connectivity index (χ0n) is 16.4. The lowest BCUT2D eigenvalue weighted by molar-refractivity contribution is 0.0950. The fraction of sp³-hybridized carbons (Fsp3) is 0.125. The van der Waals surface area contributed by atoms with Crippen LogP contribution in [0.1, 0.15) is 34.1 Å². The molecule has 3 aromatic carbocycles. The molecule has 1 aromatic heterocycles. The number of carbonyl (C=O) groups is 1. The number of aryl methyl sites for hydroxylation is 2. The summed E-state index contributed by atoms with van der Waals surface area (Å²) in [6.45, 7) is 1.72. The zero-order valence-corrected chi connectivity index (χ0v) is 16.4. The molecule has 0 fully saturated rings. The van der Waals surface area contributed by atoms with Crippen molar-refractivity contribution in [2.75, 3.05) is 0 Å². The Labute approximate surface area is 173 Å². The van der Waals surface area contributed by atoms with E-state index in [9.17, 15) is 9.90 Å². The lowest BCUT2D eigenvalue weighted by Crippen LogP contribution is -2.19. The molecule has 0 saturated heterocycles. The van der Waals surface area contributed by atoms with E-state index < -0.39 is 5.91 Å². The van der Waals surface area contributed by atoms with E-state index in [1.807, 2.05) is 0 Å². The highest BCUT2D eigenvalue weighted by Crippen LogP contribution is 2.36. The van der Waals surface area contributed by atoms with Crippen molar-refractivity contribution in [1.29, 1.82) is 0 Å². The van der Waals surface area contributed by atoms with E-state index in [0.29, 0.717) is 17.0 Å². The summed E-state index contributed by atoms with van der Waals surface area (Å²) in [5, 5.41) is 23.7. The van der Waals surface area contributed by atoms with Gasteiger partial charge in [-0.2, -0.15) is 10.2 Å². The van der Waals surface area contributed by atoms with Crippen molar-refractivity contribution in [3.63, 3.8) is 0 Å². The van der Waals surface area contributed by atoms with Gasteiger partial charge >= 0.3 is 0 Å². The van der Waals surface area contributed by atoms with Crippen molar-refractivity contribution < 1.29 is 9.90 Å². The van der Waals surface area contributed by atoms with Crippen molar-refractivity contribution in [3.05, 3.63) is 83.0 Å². The van der Waals surface area contributed by atoms with Crippen molar-refractivity contribution in [3.8, 4) is 17.0 Å². The molecule has 30 heavy (non-hydrogen) atoms. The Balaban J connectivity index is 1.41. The minimum Gasteiger partial charge on any atom is -0.507 e. The summed E-state index contributed by atoms with van der Waals surface area (Å²) in [6, 6.07) is 19.2. The van der Waals surface area contributed by atoms with E-state index in [2.05, 4.69) is 51.1 Å². The Kier molecular flexibility index (Phi) is 4.32. The molecule has 1 aliphatic carbocycles. The summed E-state index contributed by atoms with van der Waals surface area (Å²) < 4.78 is 0. The average molecular weight is 396 g/mol. The van der Waals surface area contributed by atoms with E-state index >= 15 is 0 Å². The number of nitrogens with one attached hydrogen (secondary N) is 2. The van der Waals surface area contributed by atoms with Gasteiger partial charge in [-0.1, -0.05) is 42.5 Å². The first-order valence-electron chi connectivity index (χ1n) is 9.84. The Morgan fingerprint density at radius 2 is 1.87 bits per heavy atom. The summed E-state index contributed by atoms with van der Waals surface area (Å²) in [5.41, 5.74) is 8.37. The number of hydrogen-bond donors (Lipinski definition) is 3. The third kappa shape index (κ3) is 3.03. The van der Waals surface area contributed by atoms with Gasteiger partial charge in [-0.05, 0) is 59.9 Å². The number of carbonyl (C=O) groups excluding carboxylic acids is 1. The van der Waals surface area contributed by atoms with Gasteiger partial charge < -0.3 is 5.11 Å². The molecule has 4 aromatic rings. The highest BCUT2D eigenvalue weighted by molar-refractivity contribution is 6.03. The van der Waals surface area contributed by atoms with Crippen molar-refractivity contribution in [1.82, 2.24) is 15.6 Å². The minimum atomic E-state index is -0.394. The maximum atomic E-state index is 12.5. The second-order valence-corrected chi connectivity index (χ2v) is 7.43. The predicted molar refractivity (Wildman–Crippen MR) is 117 cm³/mol. The van der Waals surface area contributed by atoms with Gasteiger partial charge in [0, 0.05) is 11.1 Å². The average Bonchev–Trinajstić information content (AvgIpc) is 3.41. The molecular formula is C24H20N4O2. The molecule has 148 valence electrons. The number of phenols is 1. The molecule has 6 nitrogen and oxygen atoms in total. The Hall–Kier alpha value is -3.93. The topological polar surface area (TPSA) is 90.4 Å². The molecule has 0 spiro atoms. The number of H-pyrrole nitrogens is 1. The lowest BCUT2D eigenvalue weighted by atomic mass is 9.98. The SMILES string of the molecule is C/C(=N\NC(=O)c1cc(-c2ccc3c4c(cccc24)CC3)n[nH]1)c1ccccc1O. The molecule has 5 rings (SSSR count). The number of hydrazone groups is 1. The molecule has 0 aliphatic heterocycles. The molecule has 1 aliphatic rings. The second-order valence-electron chi connectivity index (χ2n) is 7.43. The van der Waals surface area contributed by atoms with Gasteiger partial charge in [0.2, 0.25) is 0 Å². The van der Waals surface area contributed by atoms with Crippen LogP contribution in [-0.2, 0) is 12.8 Å². The Morgan fingerprint density at radius 3 is 2.70 bits per heavy atom. The maximum absolute atomic E-state index is 12.5. The van der Waals surface area contributed by atoms with E-state index in [1.54, 1.807) is 37.3 Å². The molecule has 0 unspecified atom stereocenters. The molecule has 6 heteroatoms. The van der Waals surface area contributed by atoms with Gasteiger partial charge in [0.05, 0.1) is 11.4 Å². The van der Waals surface area contributed by atoms with Gasteiger partial charge in [-0.3, -0.25) is 9.89 Å². The molecule has 1 heterocycles. The summed E-state index contributed by atoms with van der Waals surface area (Å²) in [6.07, 6.45) is 2.14. The third-order valence-corrected chi connectivity index (χ3v) is 5.59. The van der Waals surface area contributed by atoms with Crippen LogP contribution in [0.5, 0.6) is 5.75 Å². The van der Waals surface area contributed by atoms with Crippen molar-refractivity contribution >= 4 is 22.4 Å². The van der Waals surface area contributed by atoms with Crippen LogP contribution in [0.25, 0.3) is 22.0 Å². The van der Waals surface area contributed by atoms with E-state index in [0.717, 1.165) is 29.5 Å². The van der Waals surface area contributed by atoms with Gasteiger partial charge in [0.25, 0.3) is 5.91 Å². The van der Waals surface area contributed by atoms with Crippen LogP contribution in [0.3, 0.4) is 0 Å². The largest absolute Gasteiger partial charge is 0.507 e. The number of aromatic nitrogens is 2. The van der Waals surface area contributed by atoms with Gasteiger partial charge in [0.15, 0.2) is 0 Å². The smallest absolute Gasteiger partial charge is 0.289 e. The first-order valence-corrected chi connectivity index (χ1v) is 9.84. The number of aromatic amines is 1. The predicted octanol–water partition coefficient (Wildman–Crippen LogP) is 4.19. The minimum absolute atomic E-state index is 0.115. The molecule has 0 bridgehead atoms. The fourth-order valence-corrected chi connectivity index (χ4v) is 4.08. The van der Waals surface area contributed by atoms with Crippen LogP contribution in [0, 0.1) is 0 Å². The van der Waals surface area contributed by atoms with E-state index in [-0.39, 0.29) is 5.75 Å². The van der Waals surface area contributed by atoms with Crippen LogP contribution in [0.4, 0.5) is 0 Å². The summed E-state index contributed by atoms with van der Waals surface area (Å²) in [7, 11) is 0. The lowest BCUT2D eigenvalue weighted by Gasteiger charge is -2.06. The Bertz CT molecular complexity index is 1310. The Morgan fingerprint density at radius 1 is 1.07 bits per heavy atom. The second kappa shape index (κ2) is 7.15. The maximum Gasteiger partial charge on any atom is 0.289 e. The number of phenolic OH excluding ortho intramolecular Hbond substituents is 1. The van der Waals surface area contributed by atoms with Crippen LogP contribution < -0.4 is 5.43 Å². The summed E-state index contributed by atoms with van der Waals surface area (Å²) in [5.74, 6) is -0.279. The van der Waals surface area contributed by atoms with Crippen LogP contribution in [-0.4, -0.2) is 26.9 Å². The first kappa shape index (κ1) is 18.1. The first-order chi connectivity index (χ1) is 14.6. The van der Waals surface area contributed by atoms with Crippen LogP contribution in [0.2, 0.25) is 0 Å². The van der Waals surface area contributed by atoms with Crippen molar-refractivity contribution in [2.45, 2.75) is 19.8 Å². The van der Waals surface area contributed by atoms with Crippen molar-refractivity contribution in [2.24, 2.45) is 5.10 Å². The molecule has 1 amide bonds. The quantitative estimate of drug-likeness (QED) is 0.357. The van der Waals surface area contributed by atoms with E-state index in [1.165, 1.54) is 16.5 Å². The number of benzene rings is 3. The van der Waals surface area contributed by atoms with Crippen LogP contribution in [0.15, 0.2) is 65.8 Å². The molecular weight excluding hydrogens is 376 g/mol. The highest BCUT2D eigenvalue weighted by atomic mass is 16.3. The number of hydrogen-bond acceptors (Lipinski definition) is 4. The number of nitrogens with zero attached hydrogens (tertiary/aromatic N) is 2. The summed E-state index contributed by atoms with van der Waals surface area (Å²) in [4.78, 5) is 12.5. The van der Waals surface area contributed by atoms with E-state index in [4.69, 9.17) is 0 Å². The molecule has 0 atom stereocenters. The monoisotopic (exact) mass is 396 g/mol. The number of amides is 1. The standard InChI is InChI=1S/C24H20N4O2/c1-14(17-6-2-3-8-22(17)29)25-28-24(30)21-13-20(26-27-21)18-12-11-16-10-9-15-5-4-7-19(18)23(15)16/h2-8,11-13,29H,9-10H2,1H3,(H,26,27)(H,28,30)/b25-14+. The number of rotatable bonds is 4. The van der Waals surface area contributed by atoms with Gasteiger partial charge in [0.1, 0.15) is 11.4 Å². The zero-order chi connectivity index (χ0) is 20.7. The number of aromatic hydroxyl groups is 1. The number of para-hydroxylation sites is 1. The van der Waals surface area contributed by atoms with Gasteiger partial charge in [-0.15, -0.1) is 0 Å². The normalized spacial score (nSPS) is 13.0. The summed E-state index contributed by atoms with van der Waals surface area (Å²) >= 11 is 0. The van der Waals surface area contributed by atoms with Crippen LogP contribution >= 0.6 is 0 Å². The third-order valence-electron chi connectivity index (χ3n) is 5.59. The molecule has 3 N–H and O–H groups in total. The highest BCUT2D eigenvalue weighted by Gasteiger charge is 2.18. The molecule has 0 radical (unpaired) electrons. The molecule has 0 saturated carbocycles. The fourth-order valence-electron chi connectivity index (χ4n) is 4.08.